The maximum Gasteiger partial charge on any atom is 0.265 e. The van der Waals surface area contributed by atoms with Gasteiger partial charge in [-0.15, -0.1) is 11.3 Å². The summed E-state index contributed by atoms with van der Waals surface area (Å²) in [6, 6.07) is 5.90. The molecule has 1 N–H and O–H groups in total. The van der Waals surface area contributed by atoms with E-state index in [2.05, 4.69) is 41.0 Å². The molecule has 6 heteroatoms. The predicted octanol–water partition coefficient (Wildman–Crippen LogP) is 3.02. The van der Waals surface area contributed by atoms with E-state index in [0.29, 0.717) is 0 Å². The number of anilines is 2. The molecule has 0 aliphatic carbocycles. The van der Waals surface area contributed by atoms with Gasteiger partial charge in [0.15, 0.2) is 0 Å². The van der Waals surface area contributed by atoms with Gasteiger partial charge < -0.3 is 15.1 Å². The van der Waals surface area contributed by atoms with Gasteiger partial charge in [-0.3, -0.25) is 4.79 Å². The van der Waals surface area contributed by atoms with Crippen molar-refractivity contribution in [3.05, 3.63) is 39.7 Å². The Labute approximate surface area is 147 Å². The second-order valence-electron chi connectivity index (χ2n) is 6.20. The third-order valence-corrected chi connectivity index (χ3v) is 5.55. The number of thiophene rings is 1. The van der Waals surface area contributed by atoms with Crippen molar-refractivity contribution < 1.29 is 4.79 Å². The number of nitrogens with one attached hydrogen (secondary N) is 1. The average molecular weight is 344 g/mol. The number of amides is 1. The van der Waals surface area contributed by atoms with Gasteiger partial charge in [0.1, 0.15) is 5.82 Å². The van der Waals surface area contributed by atoms with Gasteiger partial charge >= 0.3 is 0 Å². The van der Waals surface area contributed by atoms with Crippen LogP contribution in [0.2, 0.25) is 0 Å². The first-order chi connectivity index (χ1) is 11.6. The lowest BCUT2D eigenvalue weighted by atomic mass is 10.2. The van der Waals surface area contributed by atoms with E-state index in [1.165, 1.54) is 10.4 Å². The van der Waals surface area contributed by atoms with Crippen LogP contribution in [0.4, 0.5) is 11.5 Å². The van der Waals surface area contributed by atoms with Crippen molar-refractivity contribution >= 4 is 28.7 Å². The fourth-order valence-corrected chi connectivity index (χ4v) is 3.87. The Kier molecular flexibility index (Phi) is 5.16. The Morgan fingerprint density at radius 3 is 2.62 bits per heavy atom. The van der Waals surface area contributed by atoms with Crippen molar-refractivity contribution in [2.24, 2.45) is 0 Å². The van der Waals surface area contributed by atoms with Gasteiger partial charge in [0.2, 0.25) is 0 Å². The number of piperazine rings is 1. The quantitative estimate of drug-likeness (QED) is 0.926. The van der Waals surface area contributed by atoms with Gasteiger partial charge in [0.25, 0.3) is 5.91 Å². The Hall–Kier alpha value is -1.92. The highest BCUT2D eigenvalue weighted by atomic mass is 32.1. The molecule has 1 fully saturated rings. The topological polar surface area (TPSA) is 48.5 Å². The Morgan fingerprint density at radius 1 is 1.29 bits per heavy atom. The van der Waals surface area contributed by atoms with E-state index in [-0.39, 0.29) is 5.91 Å². The summed E-state index contributed by atoms with van der Waals surface area (Å²) in [4.78, 5) is 23.5. The van der Waals surface area contributed by atoms with Gasteiger partial charge in [-0.1, -0.05) is 6.92 Å². The maximum atomic E-state index is 12.4. The lowest BCUT2D eigenvalue weighted by Gasteiger charge is -2.33. The molecular formula is C18H24N4OS. The third-order valence-electron chi connectivity index (χ3n) is 4.46. The minimum Gasteiger partial charge on any atom is -0.354 e. The van der Waals surface area contributed by atoms with Crippen LogP contribution in [-0.2, 0) is 6.42 Å². The van der Waals surface area contributed by atoms with Crippen LogP contribution in [0.25, 0.3) is 0 Å². The van der Waals surface area contributed by atoms with Gasteiger partial charge in [0, 0.05) is 31.1 Å². The highest BCUT2D eigenvalue weighted by Crippen LogP contribution is 2.23. The summed E-state index contributed by atoms with van der Waals surface area (Å²) < 4.78 is 0. The van der Waals surface area contributed by atoms with E-state index in [4.69, 9.17) is 0 Å². The molecule has 128 valence electrons. The molecule has 1 amide bonds. The van der Waals surface area contributed by atoms with E-state index in [9.17, 15) is 4.79 Å². The first-order valence-electron chi connectivity index (χ1n) is 8.37. The van der Waals surface area contributed by atoms with Crippen LogP contribution in [0.5, 0.6) is 0 Å². The summed E-state index contributed by atoms with van der Waals surface area (Å²) in [5.41, 5.74) is 1.98. The number of aromatic nitrogens is 1. The fraction of sp³-hybridized carbons (Fsp3) is 0.444. The number of nitrogens with zero attached hydrogens (tertiary/aromatic N) is 3. The number of likely N-dealkylation sites (N-methyl/N-ethyl adjacent to an activating group) is 1. The van der Waals surface area contributed by atoms with E-state index >= 15 is 0 Å². The Morgan fingerprint density at radius 2 is 2.04 bits per heavy atom. The molecule has 2 aromatic rings. The van der Waals surface area contributed by atoms with E-state index in [0.717, 1.165) is 49.0 Å². The molecule has 3 rings (SSSR count). The molecular weight excluding hydrogens is 320 g/mol. The number of carbonyl (C=O) groups excluding carboxylic acids is 1. The molecule has 2 aromatic heterocycles. The molecule has 3 heterocycles. The standard InChI is InChI=1S/C18H24N4OS/c1-4-14-11-16(24-13(14)2)18(23)20-15-5-6-17(19-12-15)22-9-7-21(3)8-10-22/h5-6,11-12H,4,7-10H2,1-3H3,(H,20,23). The maximum absolute atomic E-state index is 12.4. The van der Waals surface area contributed by atoms with Crippen molar-refractivity contribution in [1.82, 2.24) is 9.88 Å². The van der Waals surface area contributed by atoms with Crippen LogP contribution in [0.1, 0.15) is 27.0 Å². The molecule has 0 spiro atoms. The zero-order chi connectivity index (χ0) is 17.1. The molecule has 1 aliphatic rings. The highest BCUT2D eigenvalue weighted by Gasteiger charge is 2.16. The van der Waals surface area contributed by atoms with Gasteiger partial charge in [-0.25, -0.2) is 4.98 Å². The van der Waals surface area contributed by atoms with Crippen LogP contribution in [0.3, 0.4) is 0 Å². The lowest BCUT2D eigenvalue weighted by Crippen LogP contribution is -2.44. The Balaban J connectivity index is 1.64. The lowest BCUT2D eigenvalue weighted by molar-refractivity contribution is 0.103. The van der Waals surface area contributed by atoms with E-state index < -0.39 is 0 Å². The van der Waals surface area contributed by atoms with Crippen molar-refractivity contribution in [3.63, 3.8) is 0 Å². The number of rotatable bonds is 4. The van der Waals surface area contributed by atoms with Gasteiger partial charge in [0.05, 0.1) is 16.8 Å². The second-order valence-corrected chi connectivity index (χ2v) is 7.45. The molecule has 0 aromatic carbocycles. The fourth-order valence-electron chi connectivity index (χ4n) is 2.86. The van der Waals surface area contributed by atoms with E-state index in [1.54, 1.807) is 17.5 Å². The van der Waals surface area contributed by atoms with Crippen LogP contribution < -0.4 is 10.2 Å². The summed E-state index contributed by atoms with van der Waals surface area (Å²) >= 11 is 1.55. The van der Waals surface area contributed by atoms with Crippen LogP contribution in [0.15, 0.2) is 24.4 Å². The molecule has 1 aliphatic heterocycles. The molecule has 0 unspecified atom stereocenters. The van der Waals surface area contributed by atoms with Crippen molar-refractivity contribution in [3.8, 4) is 0 Å². The number of pyridine rings is 1. The summed E-state index contributed by atoms with van der Waals surface area (Å²) in [5, 5.41) is 2.94. The van der Waals surface area contributed by atoms with Crippen molar-refractivity contribution in [2.45, 2.75) is 20.3 Å². The molecule has 5 nitrogen and oxygen atoms in total. The largest absolute Gasteiger partial charge is 0.354 e. The van der Waals surface area contributed by atoms with Gasteiger partial charge in [-0.05, 0) is 44.2 Å². The first kappa shape index (κ1) is 16.9. The number of carbonyl (C=O) groups is 1. The Bertz CT molecular complexity index is 702. The summed E-state index contributed by atoms with van der Waals surface area (Å²) in [5.74, 6) is 0.915. The SMILES string of the molecule is CCc1cc(C(=O)Nc2ccc(N3CCN(C)CC3)nc2)sc1C. The number of aryl methyl sites for hydroxylation is 2. The normalized spacial score (nSPS) is 15.5. The average Bonchev–Trinajstić information content (AvgIpc) is 2.97. The summed E-state index contributed by atoms with van der Waals surface area (Å²) in [6.45, 7) is 8.26. The monoisotopic (exact) mass is 344 g/mol. The van der Waals surface area contributed by atoms with E-state index in [1.807, 2.05) is 18.2 Å². The minimum absolute atomic E-state index is 0.0584. The number of hydrogen-bond acceptors (Lipinski definition) is 5. The third kappa shape index (κ3) is 3.76. The molecule has 1 saturated heterocycles. The molecule has 0 bridgehead atoms. The molecule has 0 radical (unpaired) electrons. The number of hydrogen-bond donors (Lipinski definition) is 1. The minimum atomic E-state index is -0.0584. The predicted molar refractivity (Wildman–Crippen MR) is 100 cm³/mol. The van der Waals surface area contributed by atoms with Gasteiger partial charge in [-0.2, -0.15) is 0 Å². The first-order valence-corrected chi connectivity index (χ1v) is 9.18. The van der Waals surface area contributed by atoms with Crippen molar-refractivity contribution in [1.29, 1.82) is 0 Å². The van der Waals surface area contributed by atoms with Crippen LogP contribution in [-0.4, -0.2) is 49.0 Å². The van der Waals surface area contributed by atoms with Crippen molar-refractivity contribution in [2.75, 3.05) is 43.4 Å². The second kappa shape index (κ2) is 7.32. The zero-order valence-electron chi connectivity index (χ0n) is 14.5. The molecule has 24 heavy (non-hydrogen) atoms. The summed E-state index contributed by atoms with van der Waals surface area (Å²) in [7, 11) is 2.14. The smallest absolute Gasteiger partial charge is 0.265 e. The highest BCUT2D eigenvalue weighted by molar-refractivity contribution is 7.14. The zero-order valence-corrected chi connectivity index (χ0v) is 15.3. The van der Waals surface area contributed by atoms with Crippen LogP contribution >= 0.6 is 11.3 Å². The summed E-state index contributed by atoms with van der Waals surface area (Å²) in [6.07, 6.45) is 2.70. The molecule has 0 saturated carbocycles. The van der Waals surface area contributed by atoms with Crippen LogP contribution in [0, 0.1) is 6.92 Å². The molecule has 0 atom stereocenters.